The van der Waals surface area contributed by atoms with Crippen molar-refractivity contribution >= 4 is 22.7 Å². The predicted octanol–water partition coefficient (Wildman–Crippen LogP) is 3.08. The Bertz CT molecular complexity index is 741. The molecule has 1 aromatic carbocycles. The van der Waals surface area contributed by atoms with Crippen molar-refractivity contribution in [1.82, 2.24) is 9.88 Å². The third-order valence-electron chi connectivity index (χ3n) is 4.23. The highest BCUT2D eigenvalue weighted by Crippen LogP contribution is 2.32. The maximum Gasteiger partial charge on any atom is 0.311 e. The SMILES string of the molecule is CCOc1cc(N2CCN(Cc3csc(C)n3)CC2)ccc1[N+](=O)[O-]. The van der Waals surface area contributed by atoms with Gasteiger partial charge < -0.3 is 9.64 Å². The molecule has 0 unspecified atom stereocenters. The zero-order valence-electron chi connectivity index (χ0n) is 14.5. The summed E-state index contributed by atoms with van der Waals surface area (Å²) in [6, 6.07) is 5.12. The third kappa shape index (κ3) is 4.26. The van der Waals surface area contributed by atoms with Crippen LogP contribution >= 0.6 is 11.3 Å². The molecule has 134 valence electrons. The molecule has 0 atom stereocenters. The summed E-state index contributed by atoms with van der Waals surface area (Å²) in [7, 11) is 0. The van der Waals surface area contributed by atoms with Crippen LogP contribution in [0.15, 0.2) is 23.6 Å². The first-order valence-electron chi connectivity index (χ1n) is 8.36. The number of thiazole rings is 1. The van der Waals surface area contributed by atoms with E-state index in [-0.39, 0.29) is 5.69 Å². The van der Waals surface area contributed by atoms with Gasteiger partial charge in [-0.2, -0.15) is 0 Å². The molecule has 25 heavy (non-hydrogen) atoms. The highest BCUT2D eigenvalue weighted by molar-refractivity contribution is 7.09. The zero-order valence-corrected chi connectivity index (χ0v) is 15.3. The lowest BCUT2D eigenvalue weighted by molar-refractivity contribution is -0.385. The lowest BCUT2D eigenvalue weighted by Crippen LogP contribution is -2.46. The lowest BCUT2D eigenvalue weighted by atomic mass is 10.2. The molecule has 0 radical (unpaired) electrons. The van der Waals surface area contributed by atoms with Crippen LogP contribution in [0.1, 0.15) is 17.6 Å². The van der Waals surface area contributed by atoms with E-state index in [0.717, 1.165) is 49.1 Å². The van der Waals surface area contributed by atoms with Gasteiger partial charge >= 0.3 is 5.69 Å². The summed E-state index contributed by atoms with van der Waals surface area (Å²) in [5.74, 6) is 0.338. The number of aromatic nitrogens is 1. The predicted molar refractivity (Wildman–Crippen MR) is 98.6 cm³/mol. The Morgan fingerprint density at radius 1 is 1.32 bits per heavy atom. The van der Waals surface area contributed by atoms with Crippen LogP contribution in [0.4, 0.5) is 11.4 Å². The highest BCUT2D eigenvalue weighted by Gasteiger charge is 2.21. The number of nitro benzene ring substituents is 1. The summed E-state index contributed by atoms with van der Waals surface area (Å²) in [6.45, 7) is 8.79. The number of nitro groups is 1. The van der Waals surface area contributed by atoms with E-state index in [2.05, 4.69) is 20.2 Å². The quantitative estimate of drug-likeness (QED) is 0.581. The van der Waals surface area contributed by atoms with Crippen LogP contribution in [0.25, 0.3) is 0 Å². The van der Waals surface area contributed by atoms with Gasteiger partial charge in [-0.15, -0.1) is 11.3 Å². The normalized spacial score (nSPS) is 15.4. The second kappa shape index (κ2) is 7.79. The second-order valence-corrected chi connectivity index (χ2v) is 7.03. The molecule has 1 saturated heterocycles. The summed E-state index contributed by atoms with van der Waals surface area (Å²) in [5, 5.41) is 14.3. The molecule has 2 aromatic rings. The summed E-state index contributed by atoms with van der Waals surface area (Å²) >= 11 is 1.68. The fraction of sp³-hybridized carbons (Fsp3) is 0.471. The summed E-state index contributed by atoms with van der Waals surface area (Å²) in [4.78, 5) is 19.9. The minimum atomic E-state index is -0.400. The number of ether oxygens (including phenoxy) is 1. The van der Waals surface area contributed by atoms with Gasteiger partial charge in [0.05, 0.1) is 22.2 Å². The number of piperazine rings is 1. The first kappa shape index (κ1) is 17.6. The molecular formula is C17H22N4O3S. The average molecular weight is 362 g/mol. The summed E-state index contributed by atoms with van der Waals surface area (Å²) < 4.78 is 5.45. The van der Waals surface area contributed by atoms with Gasteiger partial charge in [-0.3, -0.25) is 15.0 Å². The fourth-order valence-corrected chi connectivity index (χ4v) is 3.60. The van der Waals surface area contributed by atoms with Crippen molar-refractivity contribution in [2.75, 3.05) is 37.7 Å². The number of anilines is 1. The van der Waals surface area contributed by atoms with Crippen LogP contribution in [0.2, 0.25) is 0 Å². The topological polar surface area (TPSA) is 71.7 Å². The molecular weight excluding hydrogens is 340 g/mol. The van der Waals surface area contributed by atoms with E-state index in [9.17, 15) is 10.1 Å². The van der Waals surface area contributed by atoms with E-state index in [4.69, 9.17) is 4.74 Å². The van der Waals surface area contributed by atoms with Crippen LogP contribution < -0.4 is 9.64 Å². The summed E-state index contributed by atoms with van der Waals surface area (Å²) in [5.41, 5.74) is 2.12. The maximum atomic E-state index is 11.1. The molecule has 7 nitrogen and oxygen atoms in total. The first-order chi connectivity index (χ1) is 12.1. The number of rotatable bonds is 6. The van der Waals surface area contributed by atoms with Gasteiger partial charge in [0.25, 0.3) is 0 Å². The minimum Gasteiger partial charge on any atom is -0.487 e. The van der Waals surface area contributed by atoms with Gasteiger partial charge in [0.15, 0.2) is 5.75 Å². The molecule has 0 N–H and O–H groups in total. The Morgan fingerprint density at radius 3 is 2.68 bits per heavy atom. The van der Waals surface area contributed by atoms with Gasteiger partial charge in [-0.1, -0.05) is 0 Å². The monoisotopic (exact) mass is 362 g/mol. The number of hydrogen-bond donors (Lipinski definition) is 0. The maximum absolute atomic E-state index is 11.1. The highest BCUT2D eigenvalue weighted by atomic mass is 32.1. The molecule has 1 aliphatic rings. The lowest BCUT2D eigenvalue weighted by Gasteiger charge is -2.35. The molecule has 3 rings (SSSR count). The Labute approximate surface area is 151 Å². The van der Waals surface area contributed by atoms with E-state index < -0.39 is 4.92 Å². The van der Waals surface area contributed by atoms with Crippen LogP contribution in [-0.4, -0.2) is 47.6 Å². The van der Waals surface area contributed by atoms with E-state index in [1.54, 1.807) is 23.5 Å². The Morgan fingerprint density at radius 2 is 2.08 bits per heavy atom. The number of hydrogen-bond acceptors (Lipinski definition) is 7. The first-order valence-corrected chi connectivity index (χ1v) is 9.24. The standard InChI is InChI=1S/C17H22N4O3S/c1-3-24-17-10-15(4-5-16(17)21(22)23)20-8-6-19(7-9-20)11-14-12-25-13(2)18-14/h4-5,10,12H,3,6-9,11H2,1-2H3. The zero-order chi connectivity index (χ0) is 17.8. The van der Waals surface area contributed by atoms with Gasteiger partial charge in [-0.05, 0) is 19.9 Å². The largest absolute Gasteiger partial charge is 0.487 e. The average Bonchev–Trinajstić information content (AvgIpc) is 3.00. The van der Waals surface area contributed by atoms with Crippen LogP contribution in [0.3, 0.4) is 0 Å². The van der Waals surface area contributed by atoms with Gasteiger partial charge in [0, 0.05) is 55.9 Å². The van der Waals surface area contributed by atoms with E-state index in [1.807, 2.05) is 13.8 Å². The number of aryl methyl sites for hydroxylation is 1. The van der Waals surface area contributed by atoms with Crippen molar-refractivity contribution in [2.45, 2.75) is 20.4 Å². The van der Waals surface area contributed by atoms with Crippen molar-refractivity contribution in [1.29, 1.82) is 0 Å². The van der Waals surface area contributed by atoms with E-state index in [0.29, 0.717) is 12.4 Å². The molecule has 1 fully saturated rings. The molecule has 0 bridgehead atoms. The fourth-order valence-electron chi connectivity index (χ4n) is 3.00. The molecule has 1 aliphatic heterocycles. The molecule has 8 heteroatoms. The van der Waals surface area contributed by atoms with Crippen molar-refractivity contribution in [3.8, 4) is 5.75 Å². The van der Waals surface area contributed by atoms with Gasteiger partial charge in [0.2, 0.25) is 0 Å². The second-order valence-electron chi connectivity index (χ2n) is 5.96. The number of nitrogens with zero attached hydrogens (tertiary/aromatic N) is 4. The Kier molecular flexibility index (Phi) is 5.50. The molecule has 2 heterocycles. The van der Waals surface area contributed by atoms with Crippen LogP contribution in [0, 0.1) is 17.0 Å². The molecule has 1 aromatic heterocycles. The van der Waals surface area contributed by atoms with Crippen molar-refractivity contribution in [3.05, 3.63) is 44.4 Å². The summed E-state index contributed by atoms with van der Waals surface area (Å²) in [6.07, 6.45) is 0. The molecule has 0 spiro atoms. The molecule has 0 aliphatic carbocycles. The Hall–Kier alpha value is -2.19. The number of benzene rings is 1. The Balaban J connectivity index is 1.64. The smallest absolute Gasteiger partial charge is 0.311 e. The van der Waals surface area contributed by atoms with Crippen molar-refractivity contribution in [3.63, 3.8) is 0 Å². The molecule has 0 amide bonds. The molecule has 0 saturated carbocycles. The van der Waals surface area contributed by atoms with E-state index in [1.165, 1.54) is 6.07 Å². The van der Waals surface area contributed by atoms with Crippen molar-refractivity contribution < 1.29 is 9.66 Å². The van der Waals surface area contributed by atoms with Gasteiger partial charge in [0.1, 0.15) is 0 Å². The van der Waals surface area contributed by atoms with Gasteiger partial charge in [-0.25, -0.2) is 4.98 Å². The van der Waals surface area contributed by atoms with Crippen LogP contribution in [-0.2, 0) is 6.54 Å². The third-order valence-corrected chi connectivity index (χ3v) is 5.05. The van der Waals surface area contributed by atoms with Crippen LogP contribution in [0.5, 0.6) is 5.75 Å². The van der Waals surface area contributed by atoms with Crippen molar-refractivity contribution in [2.24, 2.45) is 0 Å². The minimum absolute atomic E-state index is 0.0168. The van der Waals surface area contributed by atoms with E-state index >= 15 is 0 Å².